The third-order valence-corrected chi connectivity index (χ3v) is 3.76. The first kappa shape index (κ1) is 14.3. The van der Waals surface area contributed by atoms with E-state index in [0.29, 0.717) is 0 Å². The van der Waals surface area contributed by atoms with E-state index < -0.39 is 0 Å². The summed E-state index contributed by atoms with van der Waals surface area (Å²) >= 11 is 3.48. The monoisotopic (exact) mass is 322 g/mol. The lowest BCUT2D eigenvalue weighted by Gasteiger charge is -2.26. The van der Waals surface area contributed by atoms with Gasteiger partial charge in [0.15, 0.2) is 0 Å². The average Bonchev–Trinajstić information content (AvgIpc) is 2.75. The molecule has 0 spiro atoms. The molecule has 0 aliphatic rings. The maximum atomic E-state index is 9.66. The molecule has 2 aromatic rings. The molecule has 0 radical (unpaired) electrons. The summed E-state index contributed by atoms with van der Waals surface area (Å²) in [5.41, 5.74) is 2.37. The molecule has 1 aromatic carbocycles. The Kier molecular flexibility index (Phi) is 4.80. The molecule has 0 saturated heterocycles. The number of aryl methyl sites for hydroxylation is 1. The summed E-state index contributed by atoms with van der Waals surface area (Å²) in [5, 5.41) is 9.66. The lowest BCUT2D eigenvalue weighted by molar-refractivity contribution is 0.142. The van der Waals surface area contributed by atoms with E-state index in [1.54, 1.807) is 0 Å². The van der Waals surface area contributed by atoms with Crippen molar-refractivity contribution >= 4 is 15.9 Å². The number of aliphatic hydroxyl groups excluding tert-OH is 1. The van der Waals surface area contributed by atoms with E-state index in [1.165, 1.54) is 5.56 Å². The number of benzene rings is 1. The van der Waals surface area contributed by atoms with E-state index >= 15 is 0 Å². The van der Waals surface area contributed by atoms with E-state index in [-0.39, 0.29) is 12.6 Å². The zero-order valence-electron chi connectivity index (χ0n) is 11.3. The molecular weight excluding hydrogens is 304 g/mol. The highest BCUT2D eigenvalue weighted by molar-refractivity contribution is 9.10. The molecule has 2 rings (SSSR count). The highest BCUT2D eigenvalue weighted by Gasteiger charge is 2.16. The number of hydrogen-bond donors (Lipinski definition) is 1. The average molecular weight is 323 g/mol. The standard InChI is InChI=1S/C15H19BrN2O/c1-17-7-6-12(9-17)10-18(2)15(11-19)13-4-3-5-14(16)8-13/h3-9,15,19H,10-11H2,1-2H3. The smallest absolute Gasteiger partial charge is 0.0628 e. The van der Waals surface area contributed by atoms with E-state index in [1.807, 2.05) is 43.1 Å². The minimum Gasteiger partial charge on any atom is -0.394 e. The Hall–Kier alpha value is -1.10. The molecular formula is C15H19BrN2O. The van der Waals surface area contributed by atoms with Crippen LogP contribution in [0.4, 0.5) is 0 Å². The molecule has 0 aliphatic carbocycles. The van der Waals surface area contributed by atoms with Crippen LogP contribution in [0.5, 0.6) is 0 Å². The predicted molar refractivity (Wildman–Crippen MR) is 80.8 cm³/mol. The van der Waals surface area contributed by atoms with Crippen molar-refractivity contribution < 1.29 is 5.11 Å². The Morgan fingerprint density at radius 1 is 1.37 bits per heavy atom. The molecule has 0 bridgehead atoms. The van der Waals surface area contributed by atoms with Gasteiger partial charge in [-0.1, -0.05) is 28.1 Å². The molecule has 0 amide bonds. The van der Waals surface area contributed by atoms with E-state index in [4.69, 9.17) is 0 Å². The summed E-state index contributed by atoms with van der Waals surface area (Å²) in [5.74, 6) is 0. The van der Waals surface area contributed by atoms with E-state index in [2.05, 4.69) is 39.2 Å². The molecule has 102 valence electrons. The third-order valence-electron chi connectivity index (χ3n) is 3.26. The van der Waals surface area contributed by atoms with Gasteiger partial charge >= 0.3 is 0 Å². The fraction of sp³-hybridized carbons (Fsp3) is 0.333. The van der Waals surface area contributed by atoms with Crippen molar-refractivity contribution in [3.8, 4) is 0 Å². The maximum Gasteiger partial charge on any atom is 0.0628 e. The summed E-state index contributed by atoms with van der Waals surface area (Å²) in [6.07, 6.45) is 4.14. The van der Waals surface area contributed by atoms with Crippen LogP contribution in [0, 0.1) is 0 Å². The van der Waals surface area contributed by atoms with Crippen LogP contribution in [-0.4, -0.2) is 28.2 Å². The lowest BCUT2D eigenvalue weighted by Crippen LogP contribution is -2.26. The quantitative estimate of drug-likeness (QED) is 0.916. The van der Waals surface area contributed by atoms with Crippen molar-refractivity contribution in [2.45, 2.75) is 12.6 Å². The molecule has 1 aromatic heterocycles. The first-order valence-corrected chi connectivity index (χ1v) is 7.07. The second kappa shape index (κ2) is 6.37. The molecule has 1 unspecified atom stereocenters. The van der Waals surface area contributed by atoms with Crippen LogP contribution in [0.15, 0.2) is 47.2 Å². The second-order valence-corrected chi connectivity index (χ2v) is 5.77. The van der Waals surface area contributed by atoms with E-state index in [9.17, 15) is 5.11 Å². The van der Waals surface area contributed by atoms with Crippen molar-refractivity contribution in [2.24, 2.45) is 7.05 Å². The maximum absolute atomic E-state index is 9.66. The van der Waals surface area contributed by atoms with Gasteiger partial charge in [-0.05, 0) is 36.4 Å². The van der Waals surface area contributed by atoms with Crippen LogP contribution < -0.4 is 0 Å². The Bertz CT molecular complexity index is 538. The number of likely N-dealkylation sites (N-methyl/N-ethyl adjacent to an activating group) is 1. The van der Waals surface area contributed by atoms with Gasteiger partial charge in [0.2, 0.25) is 0 Å². The Balaban J connectivity index is 2.12. The van der Waals surface area contributed by atoms with Gasteiger partial charge in [-0.3, -0.25) is 4.90 Å². The van der Waals surface area contributed by atoms with Crippen molar-refractivity contribution in [1.29, 1.82) is 0 Å². The number of aliphatic hydroxyl groups is 1. The number of aromatic nitrogens is 1. The highest BCUT2D eigenvalue weighted by Crippen LogP contribution is 2.23. The molecule has 0 aliphatic heterocycles. The predicted octanol–water partition coefficient (Wildman–Crippen LogP) is 2.95. The molecule has 0 saturated carbocycles. The van der Waals surface area contributed by atoms with Crippen molar-refractivity contribution in [3.63, 3.8) is 0 Å². The van der Waals surface area contributed by atoms with Gasteiger partial charge in [0.05, 0.1) is 12.6 Å². The molecule has 19 heavy (non-hydrogen) atoms. The van der Waals surface area contributed by atoms with Crippen LogP contribution in [0.25, 0.3) is 0 Å². The van der Waals surface area contributed by atoms with Gasteiger partial charge in [0.1, 0.15) is 0 Å². The van der Waals surface area contributed by atoms with Crippen LogP contribution in [0.3, 0.4) is 0 Å². The highest BCUT2D eigenvalue weighted by atomic mass is 79.9. The molecule has 1 heterocycles. The first-order valence-electron chi connectivity index (χ1n) is 6.27. The topological polar surface area (TPSA) is 28.4 Å². The third kappa shape index (κ3) is 3.69. The number of nitrogens with zero attached hydrogens (tertiary/aromatic N) is 2. The minimum atomic E-state index is 0.0118. The van der Waals surface area contributed by atoms with Crippen LogP contribution in [0.1, 0.15) is 17.2 Å². The van der Waals surface area contributed by atoms with Gasteiger partial charge in [-0.25, -0.2) is 0 Å². The Labute approximate surface area is 122 Å². The lowest BCUT2D eigenvalue weighted by atomic mass is 10.1. The number of halogens is 1. The number of hydrogen-bond acceptors (Lipinski definition) is 2. The number of rotatable bonds is 5. The van der Waals surface area contributed by atoms with Crippen LogP contribution in [-0.2, 0) is 13.6 Å². The second-order valence-electron chi connectivity index (χ2n) is 4.85. The van der Waals surface area contributed by atoms with Crippen molar-refractivity contribution in [3.05, 3.63) is 58.3 Å². The first-order chi connectivity index (χ1) is 9.10. The fourth-order valence-electron chi connectivity index (χ4n) is 2.27. The van der Waals surface area contributed by atoms with Crippen molar-refractivity contribution in [1.82, 2.24) is 9.47 Å². The molecule has 0 fully saturated rings. The largest absolute Gasteiger partial charge is 0.394 e. The molecule has 1 N–H and O–H groups in total. The normalized spacial score (nSPS) is 12.9. The zero-order valence-corrected chi connectivity index (χ0v) is 12.8. The summed E-state index contributed by atoms with van der Waals surface area (Å²) in [6, 6.07) is 10.2. The summed E-state index contributed by atoms with van der Waals surface area (Å²) in [6.45, 7) is 0.929. The minimum absolute atomic E-state index is 0.0118. The van der Waals surface area contributed by atoms with Crippen LogP contribution in [0.2, 0.25) is 0 Å². The summed E-state index contributed by atoms with van der Waals surface area (Å²) < 4.78 is 3.08. The Morgan fingerprint density at radius 2 is 2.16 bits per heavy atom. The Morgan fingerprint density at radius 3 is 2.74 bits per heavy atom. The van der Waals surface area contributed by atoms with Crippen LogP contribution >= 0.6 is 15.9 Å². The SMILES string of the molecule is CN(Cc1ccn(C)c1)C(CO)c1cccc(Br)c1. The fourth-order valence-corrected chi connectivity index (χ4v) is 2.68. The van der Waals surface area contributed by atoms with Gasteiger partial charge in [-0.15, -0.1) is 0 Å². The molecule has 1 atom stereocenters. The summed E-state index contributed by atoms with van der Waals surface area (Å²) in [4.78, 5) is 2.16. The van der Waals surface area contributed by atoms with Crippen molar-refractivity contribution in [2.75, 3.05) is 13.7 Å². The van der Waals surface area contributed by atoms with Gasteiger partial charge in [-0.2, -0.15) is 0 Å². The van der Waals surface area contributed by atoms with E-state index in [0.717, 1.165) is 16.6 Å². The van der Waals surface area contributed by atoms with Gasteiger partial charge < -0.3 is 9.67 Å². The summed E-state index contributed by atoms with van der Waals surface area (Å²) in [7, 11) is 4.05. The molecule has 3 nitrogen and oxygen atoms in total. The van der Waals surface area contributed by atoms with Gasteiger partial charge in [0, 0.05) is 30.5 Å². The molecule has 4 heteroatoms. The van der Waals surface area contributed by atoms with Gasteiger partial charge in [0.25, 0.3) is 0 Å². The zero-order chi connectivity index (χ0) is 13.8.